The fraction of sp³-hybridized carbons (Fsp3) is 0.714. The fourth-order valence-electron chi connectivity index (χ4n) is 2.19. The van der Waals surface area contributed by atoms with Crippen LogP contribution in [0.25, 0.3) is 0 Å². The van der Waals surface area contributed by atoms with Gasteiger partial charge in [-0.05, 0) is 12.5 Å². The number of hydrogen-bond acceptors (Lipinski definition) is 6. The number of hydrogen-bond donors (Lipinski definition) is 0. The lowest BCUT2D eigenvalue weighted by atomic mass is 10.1. The summed E-state index contributed by atoms with van der Waals surface area (Å²) in [5.74, 6) is -1.24. The predicted octanol–water partition coefficient (Wildman–Crippen LogP) is 1.00. The second kappa shape index (κ2) is 7.58. The second-order valence-electron chi connectivity index (χ2n) is 6.67. The minimum Gasteiger partial charge on any atom is -0.468 e. The smallest absolute Gasteiger partial charge is 0.334 e. The van der Waals surface area contributed by atoms with Crippen molar-refractivity contribution >= 4 is 30.0 Å². The second-order valence-corrected chi connectivity index (χ2v) is 14.3. The monoisotopic (exact) mass is 363 g/mol. The van der Waals surface area contributed by atoms with Crippen LogP contribution in [-0.4, -0.2) is 65.3 Å². The molecule has 0 saturated heterocycles. The normalized spacial score (nSPS) is 19.9. The largest absolute Gasteiger partial charge is 0.468 e. The lowest BCUT2D eigenvalue weighted by Gasteiger charge is -2.32. The van der Waals surface area contributed by atoms with E-state index in [1.54, 1.807) is 0 Å². The lowest BCUT2D eigenvalue weighted by Crippen LogP contribution is -2.50. The van der Waals surface area contributed by atoms with Gasteiger partial charge in [-0.2, -0.15) is 4.31 Å². The van der Waals surface area contributed by atoms with Gasteiger partial charge in [0.05, 0.1) is 20.0 Å². The van der Waals surface area contributed by atoms with Crippen molar-refractivity contribution < 1.29 is 27.5 Å². The Morgan fingerprint density at radius 3 is 2.35 bits per heavy atom. The Hall–Kier alpha value is -1.19. The zero-order valence-corrected chi connectivity index (χ0v) is 16.1. The third kappa shape index (κ3) is 5.43. The molecule has 1 unspecified atom stereocenters. The summed E-state index contributed by atoms with van der Waals surface area (Å²) >= 11 is 0. The molecule has 0 fully saturated rings. The summed E-state index contributed by atoms with van der Waals surface area (Å²) in [6.45, 7) is 6.07. The number of rotatable bonds is 6. The Bertz CT molecular complexity index is 593. The Balaban J connectivity index is 3.07. The topological polar surface area (TPSA) is 90.0 Å². The van der Waals surface area contributed by atoms with Crippen molar-refractivity contribution in [2.75, 3.05) is 26.5 Å². The van der Waals surface area contributed by atoms with Crippen LogP contribution >= 0.6 is 0 Å². The molecule has 0 saturated carbocycles. The maximum Gasteiger partial charge on any atom is 0.334 e. The molecule has 0 aromatic heterocycles. The molecule has 0 aromatic rings. The summed E-state index contributed by atoms with van der Waals surface area (Å²) in [4.78, 5) is 23.6. The lowest BCUT2D eigenvalue weighted by molar-refractivity contribution is -0.146. The van der Waals surface area contributed by atoms with Crippen LogP contribution in [0.5, 0.6) is 0 Å². The molecule has 1 aliphatic rings. The molecule has 1 aliphatic heterocycles. The van der Waals surface area contributed by atoms with E-state index in [1.165, 1.54) is 20.3 Å². The van der Waals surface area contributed by atoms with Gasteiger partial charge in [-0.3, -0.25) is 4.79 Å². The predicted molar refractivity (Wildman–Crippen MR) is 89.2 cm³/mol. The molecule has 132 valence electrons. The molecule has 0 aliphatic carbocycles. The zero-order valence-electron chi connectivity index (χ0n) is 14.3. The van der Waals surface area contributed by atoms with Gasteiger partial charge >= 0.3 is 11.9 Å². The Kier molecular flexibility index (Phi) is 6.55. The molecular weight excluding hydrogens is 338 g/mol. The highest BCUT2D eigenvalue weighted by Crippen LogP contribution is 2.24. The summed E-state index contributed by atoms with van der Waals surface area (Å²) in [5, 5.41) is 0. The number of ether oxygens (including phenoxy) is 2. The first-order chi connectivity index (χ1) is 10.5. The van der Waals surface area contributed by atoms with Crippen LogP contribution in [0.1, 0.15) is 6.42 Å². The van der Waals surface area contributed by atoms with Crippen LogP contribution in [-0.2, 0) is 29.1 Å². The van der Waals surface area contributed by atoms with Crippen molar-refractivity contribution in [1.82, 2.24) is 4.31 Å². The summed E-state index contributed by atoms with van der Waals surface area (Å²) in [7, 11) is -2.79. The molecule has 23 heavy (non-hydrogen) atoms. The van der Waals surface area contributed by atoms with Crippen LogP contribution in [0.4, 0.5) is 0 Å². The molecule has 0 spiro atoms. The Morgan fingerprint density at radius 1 is 1.26 bits per heavy atom. The number of methoxy groups -OCH3 is 2. The van der Waals surface area contributed by atoms with Crippen molar-refractivity contribution in [2.24, 2.45) is 0 Å². The molecule has 0 N–H and O–H groups in total. The average Bonchev–Trinajstić information content (AvgIpc) is 2.50. The molecule has 7 nitrogen and oxygen atoms in total. The third-order valence-electron chi connectivity index (χ3n) is 3.65. The van der Waals surface area contributed by atoms with Crippen molar-refractivity contribution in [3.63, 3.8) is 0 Å². The van der Waals surface area contributed by atoms with Crippen molar-refractivity contribution in [3.8, 4) is 0 Å². The van der Waals surface area contributed by atoms with Crippen LogP contribution in [0.3, 0.4) is 0 Å². The van der Waals surface area contributed by atoms with Crippen molar-refractivity contribution in [3.05, 3.63) is 11.6 Å². The van der Waals surface area contributed by atoms with E-state index < -0.39 is 36.1 Å². The van der Waals surface area contributed by atoms with Crippen molar-refractivity contribution in [2.45, 2.75) is 38.1 Å². The number of sulfonamides is 1. The molecule has 0 bridgehead atoms. The van der Waals surface area contributed by atoms with Gasteiger partial charge in [-0.1, -0.05) is 25.7 Å². The number of carbonyl (C=O) groups excluding carboxylic acids is 2. The Labute approximate surface area is 138 Å². The van der Waals surface area contributed by atoms with Gasteiger partial charge in [0.25, 0.3) is 0 Å². The van der Waals surface area contributed by atoms with Gasteiger partial charge in [-0.25, -0.2) is 13.2 Å². The molecule has 1 heterocycles. The number of nitrogens with zero attached hydrogens (tertiary/aromatic N) is 1. The van der Waals surface area contributed by atoms with Gasteiger partial charge in [0, 0.05) is 20.2 Å². The van der Waals surface area contributed by atoms with E-state index in [0.29, 0.717) is 6.04 Å². The van der Waals surface area contributed by atoms with E-state index >= 15 is 0 Å². The number of esters is 2. The summed E-state index contributed by atoms with van der Waals surface area (Å²) < 4.78 is 35.8. The SMILES string of the molecule is COC(=O)C1=CCC(C(=O)OC)N(S(=O)(=O)CC[Si](C)(C)C)C1. The Morgan fingerprint density at radius 2 is 1.87 bits per heavy atom. The first kappa shape index (κ1) is 19.9. The fourth-order valence-corrected chi connectivity index (χ4v) is 6.80. The van der Waals surface area contributed by atoms with Gasteiger partial charge in [0.1, 0.15) is 6.04 Å². The van der Waals surface area contributed by atoms with Crippen LogP contribution in [0, 0.1) is 0 Å². The standard InChI is InChI=1S/C14H25NO6SSi/c1-20-13(16)11-6-7-12(14(17)21-2)15(10-11)22(18,19)8-9-23(3,4)5/h6,12H,7-10H2,1-5H3. The van der Waals surface area contributed by atoms with Gasteiger partial charge in [0.2, 0.25) is 10.0 Å². The zero-order chi connectivity index (χ0) is 17.8. The van der Waals surface area contributed by atoms with E-state index in [-0.39, 0.29) is 24.3 Å². The number of carbonyl (C=O) groups is 2. The van der Waals surface area contributed by atoms with Gasteiger partial charge < -0.3 is 9.47 Å². The summed E-state index contributed by atoms with van der Waals surface area (Å²) in [6, 6.07) is -0.350. The molecule has 9 heteroatoms. The van der Waals surface area contributed by atoms with E-state index in [9.17, 15) is 18.0 Å². The average molecular weight is 364 g/mol. The van der Waals surface area contributed by atoms with Crippen LogP contribution < -0.4 is 0 Å². The maximum absolute atomic E-state index is 12.7. The summed E-state index contributed by atoms with van der Waals surface area (Å²) in [5.41, 5.74) is 0.240. The van der Waals surface area contributed by atoms with E-state index in [1.807, 2.05) is 0 Å². The van der Waals surface area contributed by atoms with Gasteiger partial charge in [0.15, 0.2) is 0 Å². The van der Waals surface area contributed by atoms with E-state index in [4.69, 9.17) is 4.74 Å². The first-order valence-electron chi connectivity index (χ1n) is 7.36. The minimum atomic E-state index is -3.68. The van der Waals surface area contributed by atoms with Gasteiger partial charge in [-0.15, -0.1) is 0 Å². The maximum atomic E-state index is 12.7. The summed E-state index contributed by atoms with van der Waals surface area (Å²) in [6.07, 6.45) is 1.64. The van der Waals surface area contributed by atoms with E-state index in [2.05, 4.69) is 24.4 Å². The van der Waals surface area contributed by atoms with Crippen LogP contribution in [0.15, 0.2) is 11.6 Å². The molecule has 0 aromatic carbocycles. The first-order valence-corrected chi connectivity index (χ1v) is 12.7. The quantitative estimate of drug-likeness (QED) is 0.517. The molecule has 1 rings (SSSR count). The van der Waals surface area contributed by atoms with E-state index in [0.717, 1.165) is 4.31 Å². The molecule has 0 radical (unpaired) electrons. The molecule has 1 atom stereocenters. The molecule has 0 amide bonds. The highest BCUT2D eigenvalue weighted by atomic mass is 32.2. The van der Waals surface area contributed by atoms with Crippen molar-refractivity contribution in [1.29, 1.82) is 0 Å². The highest BCUT2D eigenvalue weighted by Gasteiger charge is 2.39. The molecular formula is C14H25NO6SSi. The third-order valence-corrected chi connectivity index (χ3v) is 7.58. The van der Waals surface area contributed by atoms with Crippen LogP contribution in [0.2, 0.25) is 25.7 Å². The minimum absolute atomic E-state index is 0.0370. The highest BCUT2D eigenvalue weighted by molar-refractivity contribution is 7.89.